The lowest BCUT2D eigenvalue weighted by atomic mass is 9.33. The van der Waals surface area contributed by atoms with E-state index in [0.29, 0.717) is 18.8 Å². The summed E-state index contributed by atoms with van der Waals surface area (Å²) >= 11 is 0. The lowest BCUT2D eigenvalue weighted by Crippen LogP contribution is -2.68. The van der Waals surface area contributed by atoms with Crippen molar-refractivity contribution in [3.63, 3.8) is 0 Å². The molecule has 15 nitrogen and oxygen atoms in total. The van der Waals surface area contributed by atoms with Crippen LogP contribution in [0.2, 0.25) is 0 Å². The Balaban J connectivity index is 1.17. The first kappa shape index (κ1) is 43.3. The molecule has 2 aliphatic heterocycles. The molecule has 7 aliphatic rings. The van der Waals surface area contributed by atoms with Crippen molar-refractivity contribution in [2.24, 2.45) is 50.2 Å². The summed E-state index contributed by atoms with van der Waals surface area (Å²) in [5, 5.41) is 95.7. The van der Waals surface area contributed by atoms with Crippen LogP contribution in [0, 0.1) is 50.2 Å². The number of rotatable bonds is 7. The molecule has 4 saturated carbocycles. The van der Waals surface area contributed by atoms with E-state index in [1.165, 1.54) is 5.57 Å². The summed E-state index contributed by atoms with van der Waals surface area (Å²) in [4.78, 5) is 24.0. The highest BCUT2D eigenvalue weighted by molar-refractivity contribution is 5.74. The first-order chi connectivity index (χ1) is 26.4. The van der Waals surface area contributed by atoms with E-state index < -0.39 is 84.9 Å². The van der Waals surface area contributed by atoms with Crippen LogP contribution in [0.4, 0.5) is 0 Å². The molecule has 0 amide bonds. The second-order valence-electron chi connectivity index (χ2n) is 20.8. The van der Waals surface area contributed by atoms with Gasteiger partial charge in [-0.05, 0) is 97.2 Å². The summed E-state index contributed by atoms with van der Waals surface area (Å²) in [6.07, 6.45) is -10.7. The molecule has 5 aliphatic carbocycles. The third-order valence-electron chi connectivity index (χ3n) is 17.4. The van der Waals surface area contributed by atoms with E-state index >= 15 is 0 Å². The number of fused-ring (bicyclic) bond motifs is 7. The molecule has 9 N–H and O–H groups in total. The lowest BCUT2D eigenvalue weighted by Gasteiger charge is -2.72. The topological polar surface area (TPSA) is 253 Å². The van der Waals surface area contributed by atoms with E-state index in [1.54, 1.807) is 0 Å². The molecule has 0 aromatic heterocycles. The van der Waals surface area contributed by atoms with E-state index in [-0.39, 0.29) is 51.6 Å². The monoisotopic (exact) mass is 810 g/mol. The van der Waals surface area contributed by atoms with Crippen LogP contribution in [0.5, 0.6) is 0 Å². The van der Waals surface area contributed by atoms with Crippen LogP contribution in [-0.2, 0) is 28.5 Å². The standard InChI is InChI=1S/C42H66O15/c1-37(2)16-20-19-8-9-22-39(4)12-11-24(40(5,18-43)21(39)10-13-42(22,7)41(19,6)15-14-38(20,3)23(44)17-37)54-36-32(28(48)27(47)31(56-36)34(52)53)57-35-29(49)25(45)26(46)30(55-35)33(50)51/h8,20-32,35-36,43-49H,9-18H2,1-7H3,(H,50,51)(H,52,53). The molecule has 20 atom stereocenters. The third kappa shape index (κ3) is 6.39. The molecule has 0 aromatic carbocycles. The Morgan fingerprint density at radius 2 is 1.32 bits per heavy atom. The normalized spacial score (nSPS) is 54.6. The van der Waals surface area contributed by atoms with Gasteiger partial charge in [0.2, 0.25) is 0 Å². The average molecular weight is 811 g/mol. The summed E-state index contributed by atoms with van der Waals surface area (Å²) in [5.74, 6) is -2.75. The fraction of sp³-hybridized carbons (Fsp3) is 0.905. The molecule has 15 heteroatoms. The maximum atomic E-state index is 12.2. The molecule has 0 radical (unpaired) electrons. The number of carbonyl (C=O) groups is 2. The van der Waals surface area contributed by atoms with Crippen LogP contribution in [-0.4, -0.2) is 138 Å². The first-order valence-electron chi connectivity index (χ1n) is 20.9. The third-order valence-corrected chi connectivity index (χ3v) is 17.4. The Kier molecular flexibility index (Phi) is 11.0. The van der Waals surface area contributed by atoms with Gasteiger partial charge < -0.3 is 64.9 Å². The first-order valence-corrected chi connectivity index (χ1v) is 20.9. The number of hydrogen-bond acceptors (Lipinski definition) is 13. The minimum absolute atomic E-state index is 0.0317. The van der Waals surface area contributed by atoms with Crippen molar-refractivity contribution in [1.29, 1.82) is 0 Å². The fourth-order valence-electron chi connectivity index (χ4n) is 13.7. The van der Waals surface area contributed by atoms with Crippen LogP contribution < -0.4 is 0 Å². The highest BCUT2D eigenvalue weighted by atomic mass is 16.8. The van der Waals surface area contributed by atoms with Gasteiger partial charge in [0.15, 0.2) is 24.8 Å². The number of aliphatic hydroxyl groups is 7. The van der Waals surface area contributed by atoms with E-state index in [9.17, 15) is 55.5 Å². The van der Waals surface area contributed by atoms with Crippen molar-refractivity contribution in [2.75, 3.05) is 6.61 Å². The summed E-state index contributed by atoms with van der Waals surface area (Å²) < 4.78 is 23.4. The van der Waals surface area contributed by atoms with Crippen LogP contribution in [0.25, 0.3) is 0 Å². The largest absolute Gasteiger partial charge is 0.479 e. The predicted molar refractivity (Wildman–Crippen MR) is 200 cm³/mol. The molecule has 2 saturated heterocycles. The number of carboxylic acid groups (broad SMARTS) is 2. The second-order valence-corrected chi connectivity index (χ2v) is 20.8. The zero-order valence-corrected chi connectivity index (χ0v) is 34.3. The van der Waals surface area contributed by atoms with Gasteiger partial charge in [0.05, 0.1) is 18.8 Å². The molecule has 57 heavy (non-hydrogen) atoms. The molecule has 0 spiro atoms. The summed E-state index contributed by atoms with van der Waals surface area (Å²) in [6, 6.07) is 0. The Labute approximate surface area is 334 Å². The number of carboxylic acids is 2. The van der Waals surface area contributed by atoms with Gasteiger partial charge in [-0.25, -0.2) is 9.59 Å². The van der Waals surface area contributed by atoms with E-state index in [4.69, 9.17) is 18.9 Å². The van der Waals surface area contributed by atoms with E-state index in [0.717, 1.165) is 44.9 Å². The van der Waals surface area contributed by atoms with E-state index in [1.807, 2.05) is 6.92 Å². The number of allylic oxidation sites excluding steroid dienone is 2. The number of ether oxygens (including phenoxy) is 4. The molecule has 6 fully saturated rings. The Morgan fingerprint density at radius 1 is 0.702 bits per heavy atom. The minimum atomic E-state index is -2.04. The molecule has 0 aromatic rings. The molecule has 324 valence electrons. The van der Waals surface area contributed by atoms with Crippen molar-refractivity contribution in [1.82, 2.24) is 0 Å². The molecule has 2 heterocycles. The van der Waals surface area contributed by atoms with Gasteiger partial charge in [-0.2, -0.15) is 0 Å². The summed E-state index contributed by atoms with van der Waals surface area (Å²) in [5.41, 5.74) is 0.0871. The van der Waals surface area contributed by atoms with E-state index in [2.05, 4.69) is 47.6 Å². The molecule has 0 bridgehead atoms. The zero-order valence-electron chi connectivity index (χ0n) is 34.3. The quantitative estimate of drug-likeness (QED) is 0.132. The Hall–Kier alpha value is -1.76. The second kappa shape index (κ2) is 14.4. The maximum absolute atomic E-state index is 12.2. The highest BCUT2D eigenvalue weighted by Crippen LogP contribution is 2.76. The van der Waals surface area contributed by atoms with Gasteiger partial charge in [-0.15, -0.1) is 0 Å². The number of aliphatic carboxylic acids is 2. The van der Waals surface area contributed by atoms with Crippen molar-refractivity contribution in [3.05, 3.63) is 11.6 Å². The predicted octanol–water partition coefficient (Wildman–Crippen LogP) is 1.95. The van der Waals surface area contributed by atoms with Gasteiger partial charge in [-0.1, -0.05) is 60.1 Å². The SMILES string of the molecule is CC1(C)CC(O)C2(C)CCC3(C)C(=CCC4C5(C)CCC(OC6OC(C(=O)O)C(O)C(O)C6OC6OC(C(=O)O)C(O)C(O)C6O)C(C)(CO)C5CCC43C)C2C1. The van der Waals surface area contributed by atoms with Crippen LogP contribution in [0.15, 0.2) is 11.6 Å². The smallest absolute Gasteiger partial charge is 0.335 e. The molecule has 20 unspecified atom stereocenters. The zero-order chi connectivity index (χ0) is 42.0. The van der Waals surface area contributed by atoms with Gasteiger partial charge in [0.1, 0.15) is 36.6 Å². The van der Waals surface area contributed by atoms with Crippen molar-refractivity contribution < 1.29 is 74.5 Å². The fourth-order valence-corrected chi connectivity index (χ4v) is 13.7. The van der Waals surface area contributed by atoms with Crippen molar-refractivity contribution in [2.45, 2.75) is 180 Å². The van der Waals surface area contributed by atoms with Gasteiger partial charge in [0.25, 0.3) is 0 Å². The summed E-state index contributed by atoms with van der Waals surface area (Å²) in [6.45, 7) is 15.7. The lowest BCUT2D eigenvalue weighted by molar-refractivity contribution is -0.372. The molecular weight excluding hydrogens is 744 g/mol. The van der Waals surface area contributed by atoms with Crippen LogP contribution in [0.1, 0.15) is 106 Å². The number of hydrogen-bond donors (Lipinski definition) is 9. The van der Waals surface area contributed by atoms with Gasteiger partial charge in [0, 0.05) is 10.8 Å². The highest BCUT2D eigenvalue weighted by Gasteiger charge is 2.69. The minimum Gasteiger partial charge on any atom is -0.479 e. The van der Waals surface area contributed by atoms with Crippen LogP contribution in [0.3, 0.4) is 0 Å². The van der Waals surface area contributed by atoms with Gasteiger partial charge >= 0.3 is 11.9 Å². The Bertz CT molecular complexity index is 1600. The molecular formula is C42H66O15. The average Bonchev–Trinajstić information content (AvgIpc) is 3.13. The summed E-state index contributed by atoms with van der Waals surface area (Å²) in [7, 11) is 0. The van der Waals surface area contributed by atoms with Crippen LogP contribution >= 0.6 is 0 Å². The van der Waals surface area contributed by atoms with Gasteiger partial charge in [-0.3, -0.25) is 0 Å². The van der Waals surface area contributed by atoms with Crippen molar-refractivity contribution >= 4 is 11.9 Å². The maximum Gasteiger partial charge on any atom is 0.335 e. The Morgan fingerprint density at radius 3 is 1.93 bits per heavy atom. The number of aliphatic hydroxyl groups excluding tert-OH is 7. The van der Waals surface area contributed by atoms with Crippen molar-refractivity contribution in [3.8, 4) is 0 Å². The molecule has 7 rings (SSSR count).